The highest BCUT2D eigenvalue weighted by atomic mass is 16.7. The predicted octanol–water partition coefficient (Wildman–Crippen LogP) is 2.25. The van der Waals surface area contributed by atoms with Crippen molar-refractivity contribution in [3.63, 3.8) is 0 Å². The number of rotatable bonds is 3. The van der Waals surface area contributed by atoms with Gasteiger partial charge in [0.05, 0.1) is 16.8 Å². The van der Waals surface area contributed by atoms with Crippen molar-refractivity contribution in [3.05, 3.63) is 29.3 Å². The molecule has 0 saturated carbocycles. The van der Waals surface area contributed by atoms with Crippen LogP contribution in [0.15, 0.2) is 18.2 Å². The lowest BCUT2D eigenvalue weighted by Gasteiger charge is -2.32. The maximum atomic E-state index is 11.3. The number of carboxylic acid groups (broad SMARTS) is 1. The quantitative estimate of drug-likeness (QED) is 0.860. The van der Waals surface area contributed by atoms with Gasteiger partial charge in [0.25, 0.3) is 0 Å². The SMILES string of the molecule is CCc1c(B2OC(C)(C)C(C)(C)O2)cccc1C(=O)O. The fourth-order valence-corrected chi connectivity index (χ4v) is 2.39. The Kier molecular flexibility index (Phi) is 3.69. The smallest absolute Gasteiger partial charge is 0.478 e. The van der Waals surface area contributed by atoms with Gasteiger partial charge in [-0.3, -0.25) is 0 Å². The number of hydrogen-bond acceptors (Lipinski definition) is 3. The number of benzene rings is 1. The first kappa shape index (κ1) is 15.1. The van der Waals surface area contributed by atoms with Gasteiger partial charge in [0.15, 0.2) is 0 Å². The second-order valence-electron chi connectivity index (χ2n) is 6.12. The molecule has 1 N–H and O–H groups in total. The average Bonchev–Trinajstić information content (AvgIpc) is 2.57. The average molecular weight is 276 g/mol. The lowest BCUT2D eigenvalue weighted by molar-refractivity contribution is 0.00578. The first-order valence-electron chi connectivity index (χ1n) is 6.90. The molecule has 0 spiro atoms. The molecule has 0 aliphatic carbocycles. The van der Waals surface area contributed by atoms with Gasteiger partial charge in [0.2, 0.25) is 0 Å². The van der Waals surface area contributed by atoms with E-state index >= 15 is 0 Å². The Balaban J connectivity index is 2.45. The summed E-state index contributed by atoms with van der Waals surface area (Å²) in [5.41, 5.74) is 1.05. The van der Waals surface area contributed by atoms with E-state index in [-0.39, 0.29) is 0 Å². The molecule has 0 bridgehead atoms. The first-order valence-corrected chi connectivity index (χ1v) is 6.90. The molecule has 1 heterocycles. The highest BCUT2D eigenvalue weighted by molar-refractivity contribution is 6.62. The zero-order chi connectivity index (χ0) is 15.1. The monoisotopic (exact) mass is 276 g/mol. The van der Waals surface area contributed by atoms with Gasteiger partial charge in [-0.25, -0.2) is 4.79 Å². The highest BCUT2D eigenvalue weighted by Gasteiger charge is 2.52. The van der Waals surface area contributed by atoms with Gasteiger partial charge in [-0.2, -0.15) is 0 Å². The Morgan fingerprint density at radius 1 is 1.20 bits per heavy atom. The lowest BCUT2D eigenvalue weighted by atomic mass is 9.74. The van der Waals surface area contributed by atoms with Crippen molar-refractivity contribution >= 4 is 18.6 Å². The standard InChI is InChI=1S/C15H21BO4/c1-6-10-11(13(17)18)8-7-9-12(10)16-19-14(2,3)15(4,5)20-16/h7-9H,6H2,1-5H3,(H,17,18). The fourth-order valence-electron chi connectivity index (χ4n) is 2.39. The van der Waals surface area contributed by atoms with Gasteiger partial charge in [-0.15, -0.1) is 0 Å². The Bertz CT molecular complexity index is 521. The van der Waals surface area contributed by atoms with Crippen molar-refractivity contribution in [2.45, 2.75) is 52.2 Å². The summed E-state index contributed by atoms with van der Waals surface area (Å²) in [6.07, 6.45) is 0.627. The molecule has 0 atom stereocenters. The van der Waals surface area contributed by atoms with Gasteiger partial charge in [-0.05, 0) is 51.2 Å². The van der Waals surface area contributed by atoms with Crippen molar-refractivity contribution in [2.75, 3.05) is 0 Å². The molecule has 1 fully saturated rings. The van der Waals surface area contributed by atoms with Gasteiger partial charge in [0, 0.05) is 0 Å². The van der Waals surface area contributed by atoms with E-state index in [1.807, 2.05) is 40.7 Å². The molecule has 0 radical (unpaired) electrons. The van der Waals surface area contributed by atoms with Crippen molar-refractivity contribution in [3.8, 4) is 0 Å². The van der Waals surface area contributed by atoms with Crippen LogP contribution in [0.3, 0.4) is 0 Å². The maximum Gasteiger partial charge on any atom is 0.495 e. The van der Waals surface area contributed by atoms with Crippen LogP contribution in [0, 0.1) is 0 Å². The second kappa shape index (κ2) is 4.90. The van der Waals surface area contributed by atoms with Crippen LogP contribution in [0.2, 0.25) is 0 Å². The van der Waals surface area contributed by atoms with Crippen LogP contribution >= 0.6 is 0 Å². The van der Waals surface area contributed by atoms with Crippen molar-refractivity contribution in [1.82, 2.24) is 0 Å². The van der Waals surface area contributed by atoms with Gasteiger partial charge >= 0.3 is 13.1 Å². The third-order valence-electron chi connectivity index (χ3n) is 4.30. The summed E-state index contributed by atoms with van der Waals surface area (Å²) in [7, 11) is -0.519. The molecule has 0 aromatic heterocycles. The summed E-state index contributed by atoms with van der Waals surface area (Å²) in [5, 5.41) is 9.29. The largest absolute Gasteiger partial charge is 0.495 e. The molecule has 4 nitrogen and oxygen atoms in total. The molecule has 1 aliphatic rings. The molecule has 1 aromatic carbocycles. The molecule has 5 heteroatoms. The minimum atomic E-state index is -0.916. The third kappa shape index (κ3) is 2.36. The summed E-state index contributed by atoms with van der Waals surface area (Å²) in [6.45, 7) is 9.88. The summed E-state index contributed by atoms with van der Waals surface area (Å²) in [5.74, 6) is -0.916. The Morgan fingerprint density at radius 2 is 1.75 bits per heavy atom. The topological polar surface area (TPSA) is 55.8 Å². The van der Waals surface area contributed by atoms with Crippen LogP contribution in [0.4, 0.5) is 0 Å². The summed E-state index contributed by atoms with van der Waals surface area (Å²) >= 11 is 0. The Hall–Kier alpha value is -1.33. The van der Waals surface area contributed by atoms with Crippen LogP contribution in [-0.4, -0.2) is 29.4 Å². The third-order valence-corrected chi connectivity index (χ3v) is 4.30. The minimum Gasteiger partial charge on any atom is -0.478 e. The summed E-state index contributed by atoms with van der Waals surface area (Å²) in [6, 6.07) is 5.24. The number of hydrogen-bond donors (Lipinski definition) is 1. The minimum absolute atomic E-state index is 0.319. The van der Waals surface area contributed by atoms with Crippen LogP contribution in [-0.2, 0) is 15.7 Å². The van der Waals surface area contributed by atoms with Gasteiger partial charge in [0.1, 0.15) is 0 Å². The summed E-state index contributed by atoms with van der Waals surface area (Å²) in [4.78, 5) is 11.3. The zero-order valence-electron chi connectivity index (χ0n) is 12.7. The van der Waals surface area contributed by atoms with Crippen molar-refractivity contribution in [2.24, 2.45) is 0 Å². The zero-order valence-corrected chi connectivity index (χ0v) is 12.7. The fraction of sp³-hybridized carbons (Fsp3) is 0.533. The lowest BCUT2D eigenvalue weighted by Crippen LogP contribution is -2.41. The first-order chi connectivity index (χ1) is 9.19. The molecular formula is C15H21BO4. The van der Waals surface area contributed by atoms with E-state index in [9.17, 15) is 9.90 Å². The molecule has 0 amide bonds. The van der Waals surface area contributed by atoms with E-state index in [2.05, 4.69) is 0 Å². The molecule has 1 aliphatic heterocycles. The van der Waals surface area contributed by atoms with E-state index in [1.165, 1.54) is 0 Å². The molecule has 1 aromatic rings. The Morgan fingerprint density at radius 3 is 2.20 bits per heavy atom. The Labute approximate surface area is 120 Å². The normalized spacial score (nSPS) is 20.1. The van der Waals surface area contributed by atoms with E-state index in [0.717, 1.165) is 11.0 Å². The molecule has 2 rings (SSSR count). The van der Waals surface area contributed by atoms with Gasteiger partial charge < -0.3 is 14.4 Å². The van der Waals surface area contributed by atoms with Crippen molar-refractivity contribution in [1.29, 1.82) is 0 Å². The molecular weight excluding hydrogens is 255 g/mol. The molecule has 20 heavy (non-hydrogen) atoms. The summed E-state index contributed by atoms with van der Waals surface area (Å²) < 4.78 is 12.0. The van der Waals surface area contributed by atoms with Crippen molar-refractivity contribution < 1.29 is 19.2 Å². The van der Waals surface area contributed by atoms with Crippen LogP contribution in [0.5, 0.6) is 0 Å². The molecule has 0 unspecified atom stereocenters. The molecule has 108 valence electrons. The van der Waals surface area contributed by atoms with E-state index < -0.39 is 24.3 Å². The maximum absolute atomic E-state index is 11.3. The van der Waals surface area contributed by atoms with Crippen LogP contribution < -0.4 is 5.46 Å². The highest BCUT2D eigenvalue weighted by Crippen LogP contribution is 2.36. The van der Waals surface area contributed by atoms with Crippen LogP contribution in [0.1, 0.15) is 50.5 Å². The second-order valence-corrected chi connectivity index (χ2v) is 6.12. The van der Waals surface area contributed by atoms with Gasteiger partial charge in [-0.1, -0.05) is 19.1 Å². The number of carboxylic acids is 1. The predicted molar refractivity (Wildman–Crippen MR) is 78.5 cm³/mol. The molecule has 1 saturated heterocycles. The number of carbonyl (C=O) groups is 1. The van der Waals surface area contributed by atoms with Crippen LogP contribution in [0.25, 0.3) is 0 Å². The number of aromatic carboxylic acids is 1. The van der Waals surface area contributed by atoms with E-state index in [0.29, 0.717) is 12.0 Å². The van der Waals surface area contributed by atoms with E-state index in [4.69, 9.17) is 9.31 Å². The van der Waals surface area contributed by atoms with E-state index in [1.54, 1.807) is 12.1 Å².